The molecule has 0 aliphatic rings. The van der Waals surface area contributed by atoms with Crippen LogP contribution in [0.15, 0.2) is 77.4 Å². The SMILES string of the molecule is CC(=O)c1cccc(N(C(=O)c2sc(C)nc2C)C(C(=O)NCc2ccco2)c2ccccc2)c1. The quantitative estimate of drug-likeness (QED) is 0.342. The molecule has 2 aromatic carbocycles. The zero-order valence-corrected chi connectivity index (χ0v) is 20.5. The number of amides is 2. The number of rotatable bonds is 8. The number of thiazole rings is 1. The Hall–Kier alpha value is -4.04. The van der Waals surface area contributed by atoms with Gasteiger partial charge in [-0.2, -0.15) is 0 Å². The molecule has 2 heterocycles. The van der Waals surface area contributed by atoms with E-state index in [1.165, 1.54) is 29.4 Å². The van der Waals surface area contributed by atoms with Gasteiger partial charge >= 0.3 is 0 Å². The van der Waals surface area contributed by atoms with Crippen LogP contribution in [0.4, 0.5) is 5.69 Å². The zero-order valence-electron chi connectivity index (χ0n) is 19.6. The van der Waals surface area contributed by atoms with Gasteiger partial charge in [0.25, 0.3) is 5.91 Å². The molecule has 1 unspecified atom stereocenters. The molecule has 4 rings (SSSR count). The van der Waals surface area contributed by atoms with Crippen molar-refractivity contribution in [1.82, 2.24) is 10.3 Å². The van der Waals surface area contributed by atoms with Crippen molar-refractivity contribution in [2.45, 2.75) is 33.4 Å². The van der Waals surface area contributed by atoms with Crippen LogP contribution in [0.2, 0.25) is 0 Å². The predicted molar refractivity (Wildman–Crippen MR) is 135 cm³/mol. The highest BCUT2D eigenvalue weighted by Gasteiger charge is 2.35. The number of carbonyl (C=O) groups excluding carboxylic acids is 3. The van der Waals surface area contributed by atoms with Crippen LogP contribution in [0.3, 0.4) is 0 Å². The number of ketones is 1. The summed E-state index contributed by atoms with van der Waals surface area (Å²) in [5.41, 5.74) is 2.11. The Morgan fingerprint density at radius 2 is 1.80 bits per heavy atom. The molecule has 8 heteroatoms. The summed E-state index contributed by atoms with van der Waals surface area (Å²) in [7, 11) is 0. The van der Waals surface area contributed by atoms with Crippen LogP contribution in [0.5, 0.6) is 0 Å². The summed E-state index contributed by atoms with van der Waals surface area (Å²) in [5.74, 6) is -0.290. The number of Topliss-reactive ketones (excluding diaryl/α,β-unsaturated/α-hetero) is 1. The number of nitrogens with one attached hydrogen (secondary N) is 1. The number of benzene rings is 2. The lowest BCUT2D eigenvalue weighted by atomic mass is 10.0. The van der Waals surface area contributed by atoms with Crippen LogP contribution in [0.25, 0.3) is 0 Å². The van der Waals surface area contributed by atoms with E-state index in [-0.39, 0.29) is 24.1 Å². The van der Waals surface area contributed by atoms with Crippen molar-refractivity contribution in [2.75, 3.05) is 4.90 Å². The number of hydrogen-bond acceptors (Lipinski definition) is 6. The summed E-state index contributed by atoms with van der Waals surface area (Å²) in [4.78, 5) is 46.1. The summed E-state index contributed by atoms with van der Waals surface area (Å²) in [6, 6.07) is 18.4. The van der Waals surface area contributed by atoms with Gasteiger partial charge in [-0.3, -0.25) is 19.3 Å². The predicted octanol–water partition coefficient (Wildman–Crippen LogP) is 5.26. The third-order valence-corrected chi connectivity index (χ3v) is 6.55. The fraction of sp³-hybridized carbons (Fsp3) is 0.185. The first-order valence-electron chi connectivity index (χ1n) is 11.1. The first kappa shape index (κ1) is 24.1. The van der Waals surface area contributed by atoms with E-state index >= 15 is 0 Å². The summed E-state index contributed by atoms with van der Waals surface area (Å²) in [5, 5.41) is 3.64. The van der Waals surface area contributed by atoms with Crippen molar-refractivity contribution in [2.24, 2.45) is 0 Å². The van der Waals surface area contributed by atoms with Crippen molar-refractivity contribution >= 4 is 34.6 Å². The second kappa shape index (κ2) is 10.5. The molecule has 0 fully saturated rings. The minimum absolute atomic E-state index is 0.136. The first-order valence-corrected chi connectivity index (χ1v) is 11.9. The molecular weight excluding hydrogens is 462 g/mol. The summed E-state index contributed by atoms with van der Waals surface area (Å²) in [6.07, 6.45) is 1.54. The summed E-state index contributed by atoms with van der Waals surface area (Å²) in [6.45, 7) is 5.24. The Morgan fingerprint density at radius 1 is 1.03 bits per heavy atom. The van der Waals surface area contributed by atoms with E-state index in [0.717, 1.165) is 5.01 Å². The molecule has 0 saturated heterocycles. The Balaban J connectivity index is 1.84. The number of aryl methyl sites for hydroxylation is 2. The maximum Gasteiger partial charge on any atom is 0.271 e. The molecule has 1 N–H and O–H groups in total. The molecular formula is C27H25N3O4S. The van der Waals surface area contributed by atoms with E-state index in [1.54, 1.807) is 55.5 Å². The van der Waals surface area contributed by atoms with Gasteiger partial charge in [0.15, 0.2) is 5.78 Å². The Labute approximate surface area is 207 Å². The Morgan fingerprint density at radius 3 is 2.43 bits per heavy atom. The highest BCUT2D eigenvalue weighted by molar-refractivity contribution is 7.13. The molecule has 0 radical (unpaired) electrons. The Bertz CT molecular complexity index is 1350. The molecule has 0 aliphatic carbocycles. The standard InChI is InChI=1S/C27H25N3O4S/c1-17-25(35-19(3)29-17)27(33)30(22-12-7-11-21(15-22)18(2)31)24(20-9-5-4-6-10-20)26(32)28-16-23-13-8-14-34-23/h4-15,24H,16H2,1-3H3,(H,28,32). The van der Waals surface area contributed by atoms with Crippen molar-refractivity contribution < 1.29 is 18.8 Å². The average molecular weight is 488 g/mol. The number of hydrogen-bond donors (Lipinski definition) is 1. The molecule has 1 atom stereocenters. The topological polar surface area (TPSA) is 92.5 Å². The van der Waals surface area contributed by atoms with Gasteiger partial charge in [0.05, 0.1) is 23.5 Å². The van der Waals surface area contributed by atoms with Crippen LogP contribution in [0.1, 0.15) is 55.0 Å². The lowest BCUT2D eigenvalue weighted by Gasteiger charge is -2.31. The van der Waals surface area contributed by atoms with Crippen LogP contribution >= 0.6 is 11.3 Å². The normalized spacial score (nSPS) is 11.6. The molecule has 0 bridgehead atoms. The maximum absolute atomic E-state index is 14.0. The van der Waals surface area contributed by atoms with Crippen LogP contribution in [0, 0.1) is 13.8 Å². The molecule has 2 amide bonds. The van der Waals surface area contributed by atoms with Crippen LogP contribution < -0.4 is 10.2 Å². The van der Waals surface area contributed by atoms with Crippen LogP contribution in [-0.2, 0) is 11.3 Å². The molecule has 7 nitrogen and oxygen atoms in total. The van der Waals surface area contributed by atoms with Gasteiger partial charge in [-0.05, 0) is 50.6 Å². The maximum atomic E-state index is 14.0. The van der Waals surface area contributed by atoms with E-state index in [1.807, 2.05) is 25.1 Å². The molecule has 35 heavy (non-hydrogen) atoms. The van der Waals surface area contributed by atoms with Gasteiger partial charge in [-0.25, -0.2) is 4.98 Å². The monoisotopic (exact) mass is 487 g/mol. The molecule has 2 aromatic heterocycles. The van der Waals surface area contributed by atoms with Crippen molar-refractivity contribution in [1.29, 1.82) is 0 Å². The fourth-order valence-electron chi connectivity index (χ4n) is 3.83. The smallest absolute Gasteiger partial charge is 0.271 e. The highest BCUT2D eigenvalue weighted by atomic mass is 32.1. The fourth-order valence-corrected chi connectivity index (χ4v) is 4.69. The molecule has 0 aliphatic heterocycles. The van der Waals surface area contributed by atoms with Gasteiger partial charge in [0.2, 0.25) is 5.91 Å². The number of carbonyl (C=O) groups is 3. The van der Waals surface area contributed by atoms with Gasteiger partial charge in [-0.15, -0.1) is 11.3 Å². The largest absolute Gasteiger partial charge is 0.467 e. The van der Waals surface area contributed by atoms with Gasteiger partial charge < -0.3 is 9.73 Å². The second-order valence-electron chi connectivity index (χ2n) is 8.04. The average Bonchev–Trinajstić information content (AvgIpc) is 3.50. The third-order valence-electron chi connectivity index (χ3n) is 5.49. The lowest BCUT2D eigenvalue weighted by molar-refractivity contribution is -0.122. The number of aromatic nitrogens is 1. The van der Waals surface area contributed by atoms with Crippen LogP contribution in [-0.4, -0.2) is 22.6 Å². The van der Waals surface area contributed by atoms with E-state index in [2.05, 4.69) is 10.3 Å². The van der Waals surface area contributed by atoms with E-state index in [0.29, 0.717) is 33.1 Å². The molecule has 0 saturated carbocycles. The molecule has 178 valence electrons. The van der Waals surface area contributed by atoms with E-state index < -0.39 is 6.04 Å². The summed E-state index contributed by atoms with van der Waals surface area (Å²) < 4.78 is 5.35. The van der Waals surface area contributed by atoms with Crippen molar-refractivity contribution in [3.05, 3.63) is 105 Å². The number of furan rings is 1. The number of nitrogens with zero attached hydrogens (tertiary/aromatic N) is 2. The zero-order chi connectivity index (χ0) is 24.9. The summed E-state index contributed by atoms with van der Waals surface area (Å²) >= 11 is 1.28. The van der Waals surface area contributed by atoms with Gasteiger partial charge in [0, 0.05) is 11.3 Å². The minimum atomic E-state index is -0.998. The highest BCUT2D eigenvalue weighted by Crippen LogP contribution is 2.32. The Kier molecular flexibility index (Phi) is 7.22. The van der Waals surface area contributed by atoms with Gasteiger partial charge in [0.1, 0.15) is 16.7 Å². The molecule has 4 aromatic rings. The van der Waals surface area contributed by atoms with Crippen molar-refractivity contribution in [3.8, 4) is 0 Å². The number of anilines is 1. The molecule has 0 spiro atoms. The van der Waals surface area contributed by atoms with Gasteiger partial charge in [-0.1, -0.05) is 42.5 Å². The third kappa shape index (κ3) is 5.38. The van der Waals surface area contributed by atoms with E-state index in [4.69, 9.17) is 4.42 Å². The second-order valence-corrected chi connectivity index (χ2v) is 9.24. The van der Waals surface area contributed by atoms with E-state index in [9.17, 15) is 14.4 Å². The minimum Gasteiger partial charge on any atom is -0.467 e. The lowest BCUT2D eigenvalue weighted by Crippen LogP contribution is -2.44. The first-order chi connectivity index (χ1) is 16.8. The van der Waals surface area contributed by atoms with Crippen molar-refractivity contribution in [3.63, 3.8) is 0 Å².